The van der Waals surface area contributed by atoms with Gasteiger partial charge in [0.05, 0.1) is 5.02 Å². The molecule has 0 saturated heterocycles. The predicted molar refractivity (Wildman–Crippen MR) is 59.9 cm³/mol. The first-order valence-corrected chi connectivity index (χ1v) is 5.35. The Morgan fingerprint density at radius 3 is 2.67 bits per heavy atom. The molecule has 0 N–H and O–H groups in total. The minimum absolute atomic E-state index is 0.0226. The summed E-state index contributed by atoms with van der Waals surface area (Å²) in [5.74, 6) is -0.473. The Kier molecular flexibility index (Phi) is 3.86. The Balaban J connectivity index is 3.15. The van der Waals surface area contributed by atoms with Crippen LogP contribution < -0.4 is 0 Å². The molecule has 0 aliphatic rings. The lowest BCUT2D eigenvalue weighted by atomic mass is 9.96. The van der Waals surface area contributed by atoms with Gasteiger partial charge in [0.15, 0.2) is 5.78 Å². The summed E-state index contributed by atoms with van der Waals surface area (Å²) in [6.45, 7) is 5.41. The fourth-order valence-corrected chi connectivity index (χ4v) is 1.54. The van der Waals surface area contributed by atoms with Crippen LogP contribution in [0.2, 0.25) is 5.02 Å². The lowest BCUT2D eigenvalue weighted by Gasteiger charge is -2.10. The number of carbonyl (C=O) groups is 1. The zero-order chi connectivity index (χ0) is 11.6. The van der Waals surface area contributed by atoms with E-state index >= 15 is 0 Å². The van der Waals surface area contributed by atoms with E-state index in [1.165, 1.54) is 12.1 Å². The van der Waals surface area contributed by atoms with E-state index in [0.717, 1.165) is 6.42 Å². The molecule has 0 radical (unpaired) electrons. The Morgan fingerprint density at radius 1 is 1.53 bits per heavy atom. The summed E-state index contributed by atoms with van der Waals surface area (Å²) in [5.41, 5.74) is 0.871. The smallest absolute Gasteiger partial charge is 0.167 e. The molecule has 0 heterocycles. The van der Waals surface area contributed by atoms with Crippen LogP contribution in [0.4, 0.5) is 4.39 Å². The van der Waals surface area contributed by atoms with Crippen LogP contribution in [0.15, 0.2) is 12.1 Å². The normalized spacial score (nSPS) is 12.6. The number of hydrogen-bond acceptors (Lipinski definition) is 1. The van der Waals surface area contributed by atoms with Crippen LogP contribution in [0.25, 0.3) is 0 Å². The molecule has 0 bridgehead atoms. The van der Waals surface area contributed by atoms with E-state index in [1.54, 1.807) is 6.92 Å². The fourth-order valence-electron chi connectivity index (χ4n) is 1.30. The van der Waals surface area contributed by atoms with Gasteiger partial charge in [0.2, 0.25) is 0 Å². The third-order valence-corrected chi connectivity index (χ3v) is 2.89. The van der Waals surface area contributed by atoms with Gasteiger partial charge in [-0.1, -0.05) is 25.4 Å². The number of aryl methyl sites for hydroxylation is 1. The van der Waals surface area contributed by atoms with Crippen molar-refractivity contribution in [3.63, 3.8) is 0 Å². The van der Waals surface area contributed by atoms with Gasteiger partial charge in [-0.15, -0.1) is 0 Å². The van der Waals surface area contributed by atoms with Gasteiger partial charge in [-0.25, -0.2) is 4.39 Å². The molecule has 1 aromatic rings. The van der Waals surface area contributed by atoms with E-state index in [9.17, 15) is 9.18 Å². The summed E-state index contributed by atoms with van der Waals surface area (Å²) in [6.07, 6.45) is 0.756. The monoisotopic (exact) mass is 228 g/mol. The summed E-state index contributed by atoms with van der Waals surface area (Å²) in [6, 6.07) is 2.72. The molecular formula is C12H14ClFO. The van der Waals surface area contributed by atoms with Crippen molar-refractivity contribution in [2.45, 2.75) is 27.2 Å². The van der Waals surface area contributed by atoms with Crippen molar-refractivity contribution in [3.05, 3.63) is 34.1 Å². The highest BCUT2D eigenvalue weighted by Gasteiger charge is 2.17. The SMILES string of the molecule is CCC(C)C(=O)c1cc(C)c(F)cc1Cl. The van der Waals surface area contributed by atoms with E-state index in [0.29, 0.717) is 11.1 Å². The van der Waals surface area contributed by atoms with Crippen molar-refractivity contribution in [2.75, 3.05) is 0 Å². The fraction of sp³-hybridized carbons (Fsp3) is 0.417. The number of ketones is 1. The molecule has 15 heavy (non-hydrogen) atoms. The molecule has 0 aromatic heterocycles. The van der Waals surface area contributed by atoms with Crippen molar-refractivity contribution >= 4 is 17.4 Å². The quantitative estimate of drug-likeness (QED) is 0.715. The Labute approximate surface area is 94.3 Å². The molecule has 0 amide bonds. The first kappa shape index (κ1) is 12.2. The van der Waals surface area contributed by atoms with E-state index < -0.39 is 0 Å². The topological polar surface area (TPSA) is 17.1 Å². The number of carbonyl (C=O) groups excluding carboxylic acids is 1. The second kappa shape index (κ2) is 4.75. The van der Waals surface area contributed by atoms with E-state index in [2.05, 4.69) is 0 Å². The maximum atomic E-state index is 13.1. The van der Waals surface area contributed by atoms with Gasteiger partial charge in [-0.3, -0.25) is 4.79 Å². The van der Waals surface area contributed by atoms with Gasteiger partial charge in [0.25, 0.3) is 0 Å². The largest absolute Gasteiger partial charge is 0.294 e. The molecule has 1 aromatic carbocycles. The molecule has 0 saturated carbocycles. The van der Waals surface area contributed by atoms with Crippen LogP contribution in [0.5, 0.6) is 0 Å². The second-order valence-corrected chi connectivity index (χ2v) is 4.16. The minimum Gasteiger partial charge on any atom is -0.294 e. The van der Waals surface area contributed by atoms with Crippen LogP contribution in [0.3, 0.4) is 0 Å². The van der Waals surface area contributed by atoms with E-state index in [4.69, 9.17) is 11.6 Å². The zero-order valence-electron chi connectivity index (χ0n) is 9.10. The van der Waals surface area contributed by atoms with Crippen molar-refractivity contribution in [1.29, 1.82) is 0 Å². The highest BCUT2D eigenvalue weighted by molar-refractivity contribution is 6.34. The molecular weight excluding hydrogens is 215 g/mol. The van der Waals surface area contributed by atoms with Crippen molar-refractivity contribution in [1.82, 2.24) is 0 Å². The van der Waals surface area contributed by atoms with Gasteiger partial charge in [-0.05, 0) is 31.0 Å². The molecule has 0 fully saturated rings. The molecule has 0 aliphatic carbocycles. The maximum absolute atomic E-state index is 13.1. The lowest BCUT2D eigenvalue weighted by molar-refractivity contribution is 0.0927. The van der Waals surface area contributed by atoms with Crippen LogP contribution >= 0.6 is 11.6 Å². The van der Waals surface area contributed by atoms with Gasteiger partial charge in [0.1, 0.15) is 5.82 Å². The van der Waals surface area contributed by atoms with Gasteiger partial charge in [0, 0.05) is 11.5 Å². The number of rotatable bonds is 3. The molecule has 1 rings (SSSR count). The van der Waals surface area contributed by atoms with Crippen molar-refractivity contribution < 1.29 is 9.18 Å². The number of benzene rings is 1. The third kappa shape index (κ3) is 2.57. The summed E-state index contributed by atoms with van der Waals surface area (Å²) >= 11 is 5.84. The first-order valence-electron chi connectivity index (χ1n) is 4.97. The zero-order valence-corrected chi connectivity index (χ0v) is 9.86. The number of halogens is 2. The molecule has 1 unspecified atom stereocenters. The molecule has 1 nitrogen and oxygen atoms in total. The van der Waals surface area contributed by atoms with Gasteiger partial charge < -0.3 is 0 Å². The summed E-state index contributed by atoms with van der Waals surface area (Å²) in [5, 5.41) is 0.198. The Bertz CT molecular complexity index is 387. The number of hydrogen-bond donors (Lipinski definition) is 0. The predicted octanol–water partition coefficient (Wildman–Crippen LogP) is 4.02. The molecule has 0 spiro atoms. The molecule has 1 atom stereocenters. The van der Waals surface area contributed by atoms with Crippen molar-refractivity contribution in [2.24, 2.45) is 5.92 Å². The van der Waals surface area contributed by atoms with E-state index in [1.807, 2.05) is 13.8 Å². The summed E-state index contributed by atoms with van der Waals surface area (Å²) in [7, 11) is 0. The summed E-state index contributed by atoms with van der Waals surface area (Å²) < 4.78 is 13.1. The maximum Gasteiger partial charge on any atom is 0.167 e. The average Bonchev–Trinajstić information content (AvgIpc) is 2.21. The second-order valence-electron chi connectivity index (χ2n) is 3.75. The standard InChI is InChI=1S/C12H14ClFO/c1-4-7(2)12(15)9-5-8(3)11(14)6-10(9)13/h5-7H,4H2,1-3H3. The molecule has 3 heteroatoms. The van der Waals surface area contributed by atoms with E-state index in [-0.39, 0.29) is 22.5 Å². The summed E-state index contributed by atoms with van der Waals surface area (Å²) in [4.78, 5) is 11.9. The average molecular weight is 229 g/mol. The Morgan fingerprint density at radius 2 is 2.13 bits per heavy atom. The highest BCUT2D eigenvalue weighted by atomic mass is 35.5. The minimum atomic E-state index is -0.374. The van der Waals surface area contributed by atoms with Gasteiger partial charge >= 0.3 is 0 Å². The van der Waals surface area contributed by atoms with Crippen LogP contribution in [-0.4, -0.2) is 5.78 Å². The van der Waals surface area contributed by atoms with Crippen LogP contribution in [0, 0.1) is 18.7 Å². The molecule has 82 valence electrons. The lowest BCUT2D eigenvalue weighted by Crippen LogP contribution is -2.11. The third-order valence-electron chi connectivity index (χ3n) is 2.57. The van der Waals surface area contributed by atoms with Crippen molar-refractivity contribution in [3.8, 4) is 0 Å². The van der Waals surface area contributed by atoms with Crippen LogP contribution in [-0.2, 0) is 0 Å². The highest BCUT2D eigenvalue weighted by Crippen LogP contribution is 2.23. The Hall–Kier alpha value is -0.890. The van der Waals surface area contributed by atoms with Crippen LogP contribution in [0.1, 0.15) is 36.2 Å². The first-order chi connectivity index (χ1) is 6.97. The number of Topliss-reactive ketones (excluding diaryl/α,β-unsaturated/α-hetero) is 1. The molecule has 0 aliphatic heterocycles. The van der Waals surface area contributed by atoms with Gasteiger partial charge in [-0.2, -0.15) is 0 Å².